The minimum Gasteiger partial charge on any atom is -0.364 e. The maximum atomic E-state index is 13.9. The molecule has 0 fully saturated rings. The Morgan fingerprint density at radius 3 is 2.55 bits per heavy atom. The van der Waals surface area contributed by atoms with E-state index in [1.165, 1.54) is 15.8 Å². The van der Waals surface area contributed by atoms with Crippen LogP contribution in [0.2, 0.25) is 0 Å². The minimum atomic E-state index is -0.154. The fraction of sp³-hybridized carbons (Fsp3) is 0.375. The van der Waals surface area contributed by atoms with Crippen molar-refractivity contribution in [2.75, 3.05) is 18.0 Å². The number of hydrogen-bond donors (Lipinski definition) is 1. The summed E-state index contributed by atoms with van der Waals surface area (Å²) in [5.41, 5.74) is 0.677. The van der Waals surface area contributed by atoms with Gasteiger partial charge in [-0.3, -0.25) is 0 Å². The van der Waals surface area contributed by atoms with E-state index in [4.69, 9.17) is 0 Å². The summed E-state index contributed by atoms with van der Waals surface area (Å²) in [7, 11) is 0. The highest BCUT2D eigenvalue weighted by molar-refractivity contribution is 7.12. The van der Waals surface area contributed by atoms with E-state index >= 15 is 0 Å². The van der Waals surface area contributed by atoms with Crippen LogP contribution in [0.1, 0.15) is 23.6 Å². The predicted octanol–water partition coefficient (Wildman–Crippen LogP) is 4.02. The normalized spacial score (nSPS) is 10.8. The molecule has 0 aliphatic rings. The number of benzene rings is 1. The predicted molar refractivity (Wildman–Crippen MR) is 84.8 cm³/mol. The summed E-state index contributed by atoms with van der Waals surface area (Å²) in [6.07, 6.45) is 0. The Kier molecular flexibility index (Phi) is 5.56. The van der Waals surface area contributed by atoms with Gasteiger partial charge in [-0.1, -0.05) is 19.1 Å². The third-order valence-corrected chi connectivity index (χ3v) is 4.26. The molecule has 4 heteroatoms. The zero-order valence-electron chi connectivity index (χ0n) is 12.0. The molecule has 2 rings (SSSR count). The highest BCUT2D eigenvalue weighted by Gasteiger charge is 2.11. The molecule has 1 aromatic carbocycles. The molecule has 0 amide bonds. The van der Waals surface area contributed by atoms with Crippen molar-refractivity contribution in [3.63, 3.8) is 0 Å². The van der Waals surface area contributed by atoms with Gasteiger partial charge in [0.2, 0.25) is 0 Å². The second-order valence-electron chi connectivity index (χ2n) is 4.61. The van der Waals surface area contributed by atoms with Crippen LogP contribution in [-0.4, -0.2) is 13.1 Å². The third kappa shape index (κ3) is 3.81. The van der Waals surface area contributed by atoms with Gasteiger partial charge in [0, 0.05) is 22.8 Å². The van der Waals surface area contributed by atoms with Crippen molar-refractivity contribution in [3.8, 4) is 0 Å². The van der Waals surface area contributed by atoms with Gasteiger partial charge in [0.1, 0.15) is 5.82 Å². The highest BCUT2D eigenvalue weighted by Crippen LogP contribution is 2.24. The van der Waals surface area contributed by atoms with Crippen LogP contribution in [0.3, 0.4) is 0 Å². The first-order valence-corrected chi connectivity index (χ1v) is 7.84. The fourth-order valence-corrected chi connectivity index (χ4v) is 3.12. The average molecular weight is 292 g/mol. The van der Waals surface area contributed by atoms with Gasteiger partial charge in [0.25, 0.3) is 0 Å². The van der Waals surface area contributed by atoms with E-state index in [0.717, 1.165) is 26.2 Å². The molecule has 108 valence electrons. The molecule has 0 saturated carbocycles. The molecule has 0 aliphatic heterocycles. The van der Waals surface area contributed by atoms with Crippen molar-refractivity contribution in [1.29, 1.82) is 0 Å². The zero-order chi connectivity index (χ0) is 14.4. The number of thiophene rings is 1. The summed E-state index contributed by atoms with van der Waals surface area (Å²) in [5, 5.41) is 3.32. The van der Waals surface area contributed by atoms with E-state index in [1.807, 2.05) is 12.1 Å². The van der Waals surface area contributed by atoms with Gasteiger partial charge in [-0.05, 0) is 37.7 Å². The van der Waals surface area contributed by atoms with Crippen molar-refractivity contribution >= 4 is 17.0 Å². The Morgan fingerprint density at radius 2 is 1.85 bits per heavy atom. The largest absolute Gasteiger partial charge is 0.364 e. The number of nitrogens with one attached hydrogen (secondary N) is 1. The van der Waals surface area contributed by atoms with Gasteiger partial charge in [-0.25, -0.2) is 4.39 Å². The Balaban J connectivity index is 2.07. The van der Waals surface area contributed by atoms with Crippen LogP contribution in [0.5, 0.6) is 0 Å². The number of para-hydroxylation sites is 1. The summed E-state index contributed by atoms with van der Waals surface area (Å²) in [5.74, 6) is -0.154. The first kappa shape index (κ1) is 15.0. The molecule has 0 spiro atoms. The zero-order valence-corrected chi connectivity index (χ0v) is 12.8. The van der Waals surface area contributed by atoms with E-state index in [0.29, 0.717) is 5.69 Å². The maximum Gasteiger partial charge on any atom is 0.146 e. The third-order valence-electron chi connectivity index (χ3n) is 3.19. The van der Waals surface area contributed by atoms with Gasteiger partial charge in [0.05, 0.1) is 12.2 Å². The molecule has 1 heterocycles. The summed E-state index contributed by atoms with van der Waals surface area (Å²) in [6, 6.07) is 11.3. The molecule has 0 saturated heterocycles. The van der Waals surface area contributed by atoms with Crippen LogP contribution in [0.4, 0.5) is 10.1 Å². The molecular formula is C16H21FN2S. The molecule has 0 bridgehead atoms. The summed E-state index contributed by atoms with van der Waals surface area (Å²) < 4.78 is 13.9. The van der Waals surface area contributed by atoms with Crippen LogP contribution >= 0.6 is 11.3 Å². The molecular weight excluding hydrogens is 271 g/mol. The lowest BCUT2D eigenvalue weighted by Gasteiger charge is -2.22. The summed E-state index contributed by atoms with van der Waals surface area (Å²) in [6.45, 7) is 7.59. The van der Waals surface area contributed by atoms with Gasteiger partial charge in [-0.15, -0.1) is 11.3 Å². The Hall–Kier alpha value is -1.39. The first-order chi connectivity index (χ1) is 9.74. The average Bonchev–Trinajstić information content (AvgIpc) is 2.91. The second-order valence-corrected chi connectivity index (χ2v) is 5.87. The maximum absolute atomic E-state index is 13.9. The van der Waals surface area contributed by atoms with Crippen molar-refractivity contribution in [2.24, 2.45) is 0 Å². The van der Waals surface area contributed by atoms with Gasteiger partial charge < -0.3 is 10.2 Å². The fourth-order valence-electron chi connectivity index (χ4n) is 2.11. The van der Waals surface area contributed by atoms with Gasteiger partial charge >= 0.3 is 0 Å². The monoisotopic (exact) mass is 292 g/mol. The highest BCUT2D eigenvalue weighted by atomic mass is 32.1. The standard InChI is InChI=1S/C16H21FN2S/c1-3-18-11-13-9-10-14(20-13)12-19(4-2)16-8-6-5-7-15(16)17/h5-10,18H,3-4,11-12H2,1-2H3. The lowest BCUT2D eigenvalue weighted by atomic mass is 10.2. The number of nitrogens with zero attached hydrogens (tertiary/aromatic N) is 1. The van der Waals surface area contributed by atoms with Crippen LogP contribution < -0.4 is 10.2 Å². The van der Waals surface area contributed by atoms with Crippen LogP contribution in [0.15, 0.2) is 36.4 Å². The Bertz CT molecular complexity index is 539. The van der Waals surface area contributed by atoms with E-state index in [-0.39, 0.29) is 5.82 Å². The quantitative estimate of drug-likeness (QED) is 0.829. The van der Waals surface area contributed by atoms with Crippen molar-refractivity contribution in [3.05, 3.63) is 52.0 Å². The lowest BCUT2D eigenvalue weighted by molar-refractivity contribution is 0.618. The van der Waals surface area contributed by atoms with E-state index in [9.17, 15) is 4.39 Å². The number of anilines is 1. The minimum absolute atomic E-state index is 0.154. The van der Waals surface area contributed by atoms with Gasteiger partial charge in [-0.2, -0.15) is 0 Å². The van der Waals surface area contributed by atoms with Crippen LogP contribution in [-0.2, 0) is 13.1 Å². The van der Waals surface area contributed by atoms with Crippen molar-refractivity contribution < 1.29 is 4.39 Å². The molecule has 0 atom stereocenters. The Labute approximate surface area is 124 Å². The number of hydrogen-bond acceptors (Lipinski definition) is 3. The van der Waals surface area contributed by atoms with Crippen LogP contribution in [0, 0.1) is 5.82 Å². The van der Waals surface area contributed by atoms with E-state index in [1.54, 1.807) is 17.4 Å². The van der Waals surface area contributed by atoms with Gasteiger partial charge in [0.15, 0.2) is 0 Å². The first-order valence-electron chi connectivity index (χ1n) is 7.02. The molecule has 0 unspecified atom stereocenters. The Morgan fingerprint density at radius 1 is 1.10 bits per heavy atom. The van der Waals surface area contributed by atoms with Crippen molar-refractivity contribution in [2.45, 2.75) is 26.9 Å². The summed E-state index contributed by atoms with van der Waals surface area (Å²) in [4.78, 5) is 4.66. The molecule has 0 aliphatic carbocycles. The SMILES string of the molecule is CCNCc1ccc(CN(CC)c2ccccc2F)s1. The molecule has 1 aromatic heterocycles. The molecule has 2 aromatic rings. The molecule has 1 N–H and O–H groups in total. The van der Waals surface area contributed by atoms with E-state index in [2.05, 4.69) is 36.2 Å². The lowest BCUT2D eigenvalue weighted by Crippen LogP contribution is -2.22. The van der Waals surface area contributed by atoms with E-state index < -0.39 is 0 Å². The number of rotatable bonds is 7. The topological polar surface area (TPSA) is 15.3 Å². The molecule has 20 heavy (non-hydrogen) atoms. The molecule has 2 nitrogen and oxygen atoms in total. The summed E-state index contributed by atoms with van der Waals surface area (Å²) >= 11 is 1.79. The second kappa shape index (κ2) is 7.41. The van der Waals surface area contributed by atoms with Crippen molar-refractivity contribution in [1.82, 2.24) is 5.32 Å². The molecule has 0 radical (unpaired) electrons. The number of halogens is 1. The smallest absolute Gasteiger partial charge is 0.146 e. The van der Waals surface area contributed by atoms with Crippen LogP contribution in [0.25, 0.3) is 0 Å².